The number of carbonyl (C=O) groups excluding carboxylic acids is 1. The lowest BCUT2D eigenvalue weighted by atomic mass is 10.2. The van der Waals surface area contributed by atoms with Crippen LogP contribution in [0.25, 0.3) is 0 Å². The molecule has 0 aliphatic carbocycles. The first-order chi connectivity index (χ1) is 6.22. The summed E-state index contributed by atoms with van der Waals surface area (Å²) in [4.78, 5) is 10.8. The number of carbonyl (C=O) groups is 1. The zero-order valence-electron chi connectivity index (χ0n) is 7.42. The Morgan fingerprint density at radius 1 is 1.38 bits per heavy atom. The molecular formula is C10H11BrO2. The topological polar surface area (TPSA) is 26.3 Å². The van der Waals surface area contributed by atoms with Gasteiger partial charge < -0.3 is 4.74 Å². The SMILES string of the molecule is Cc1ccc(COC(=O)CBr)cc1. The van der Waals surface area contributed by atoms with Gasteiger partial charge in [-0.1, -0.05) is 45.8 Å². The van der Waals surface area contributed by atoms with Gasteiger partial charge in [0.15, 0.2) is 0 Å². The van der Waals surface area contributed by atoms with Gasteiger partial charge in [0.05, 0.1) is 0 Å². The second-order valence-corrected chi connectivity index (χ2v) is 3.34. The molecule has 3 heteroatoms. The van der Waals surface area contributed by atoms with Crippen molar-refractivity contribution in [1.29, 1.82) is 0 Å². The summed E-state index contributed by atoms with van der Waals surface area (Å²) < 4.78 is 4.93. The van der Waals surface area contributed by atoms with Gasteiger partial charge in [-0.3, -0.25) is 4.79 Å². The van der Waals surface area contributed by atoms with Crippen LogP contribution in [0.5, 0.6) is 0 Å². The van der Waals surface area contributed by atoms with Crippen molar-refractivity contribution in [2.24, 2.45) is 0 Å². The molecule has 0 spiro atoms. The molecule has 0 unspecified atom stereocenters. The van der Waals surface area contributed by atoms with Crippen LogP contribution >= 0.6 is 15.9 Å². The number of hydrogen-bond donors (Lipinski definition) is 0. The molecule has 0 aromatic heterocycles. The summed E-state index contributed by atoms with van der Waals surface area (Å²) in [6.45, 7) is 2.37. The molecule has 2 nitrogen and oxygen atoms in total. The second-order valence-electron chi connectivity index (χ2n) is 2.78. The molecule has 1 rings (SSSR count). The van der Waals surface area contributed by atoms with Crippen molar-refractivity contribution in [2.45, 2.75) is 13.5 Å². The minimum atomic E-state index is -0.236. The third-order valence-corrected chi connectivity index (χ3v) is 2.09. The van der Waals surface area contributed by atoms with Crippen molar-refractivity contribution in [3.8, 4) is 0 Å². The average Bonchev–Trinajstić information content (AvgIpc) is 2.16. The van der Waals surface area contributed by atoms with E-state index >= 15 is 0 Å². The van der Waals surface area contributed by atoms with Crippen molar-refractivity contribution in [1.82, 2.24) is 0 Å². The zero-order valence-corrected chi connectivity index (χ0v) is 9.00. The molecule has 0 aliphatic heterocycles. The summed E-state index contributed by atoms with van der Waals surface area (Å²) >= 11 is 3.03. The van der Waals surface area contributed by atoms with Gasteiger partial charge in [-0.15, -0.1) is 0 Å². The Morgan fingerprint density at radius 3 is 2.54 bits per heavy atom. The highest BCUT2D eigenvalue weighted by atomic mass is 79.9. The Kier molecular flexibility index (Phi) is 3.96. The lowest BCUT2D eigenvalue weighted by Crippen LogP contribution is -2.04. The summed E-state index contributed by atoms with van der Waals surface area (Å²) in [5, 5.41) is 0.249. The van der Waals surface area contributed by atoms with E-state index in [-0.39, 0.29) is 11.3 Å². The van der Waals surface area contributed by atoms with Crippen LogP contribution in [0.3, 0.4) is 0 Å². The number of hydrogen-bond acceptors (Lipinski definition) is 2. The number of halogens is 1. The Balaban J connectivity index is 2.46. The highest BCUT2D eigenvalue weighted by Crippen LogP contribution is 2.04. The van der Waals surface area contributed by atoms with E-state index < -0.39 is 0 Å². The van der Waals surface area contributed by atoms with Crippen LogP contribution in [0, 0.1) is 6.92 Å². The van der Waals surface area contributed by atoms with Gasteiger partial charge in [-0.05, 0) is 12.5 Å². The predicted octanol–water partition coefficient (Wildman–Crippen LogP) is 2.43. The first-order valence-electron chi connectivity index (χ1n) is 3.99. The Labute approximate surface area is 86.0 Å². The van der Waals surface area contributed by atoms with Crippen LogP contribution in [0.15, 0.2) is 24.3 Å². The van der Waals surface area contributed by atoms with E-state index in [4.69, 9.17) is 4.74 Å². The van der Waals surface area contributed by atoms with Crippen LogP contribution in [0.1, 0.15) is 11.1 Å². The molecule has 0 aliphatic rings. The third-order valence-electron chi connectivity index (χ3n) is 1.63. The molecule has 0 amide bonds. The second kappa shape index (κ2) is 5.02. The maximum Gasteiger partial charge on any atom is 0.316 e. The molecule has 13 heavy (non-hydrogen) atoms. The maximum atomic E-state index is 10.8. The molecule has 1 aromatic carbocycles. The van der Waals surface area contributed by atoms with Gasteiger partial charge in [-0.25, -0.2) is 0 Å². The van der Waals surface area contributed by atoms with E-state index in [1.54, 1.807) is 0 Å². The van der Waals surface area contributed by atoms with Gasteiger partial charge in [0, 0.05) is 0 Å². The van der Waals surface area contributed by atoms with E-state index in [9.17, 15) is 4.79 Å². The minimum absolute atomic E-state index is 0.236. The van der Waals surface area contributed by atoms with Gasteiger partial charge in [0.1, 0.15) is 11.9 Å². The van der Waals surface area contributed by atoms with Gasteiger partial charge in [0.2, 0.25) is 0 Å². The van der Waals surface area contributed by atoms with Gasteiger partial charge >= 0.3 is 5.97 Å². The van der Waals surface area contributed by atoms with Crippen LogP contribution in [-0.4, -0.2) is 11.3 Å². The molecule has 0 atom stereocenters. The van der Waals surface area contributed by atoms with Crippen LogP contribution in [0.2, 0.25) is 0 Å². The maximum absolute atomic E-state index is 10.8. The van der Waals surface area contributed by atoms with E-state index in [0.717, 1.165) is 5.56 Å². The Bertz CT molecular complexity index is 279. The predicted molar refractivity (Wildman–Crippen MR) is 54.8 cm³/mol. The molecule has 0 heterocycles. The largest absolute Gasteiger partial charge is 0.460 e. The smallest absolute Gasteiger partial charge is 0.316 e. The molecule has 0 radical (unpaired) electrons. The highest BCUT2D eigenvalue weighted by molar-refractivity contribution is 9.09. The summed E-state index contributed by atoms with van der Waals surface area (Å²) in [5.41, 5.74) is 2.22. The monoisotopic (exact) mass is 242 g/mol. The molecule has 0 N–H and O–H groups in total. The molecule has 0 saturated carbocycles. The molecule has 0 fully saturated rings. The van der Waals surface area contributed by atoms with Crippen LogP contribution in [0.4, 0.5) is 0 Å². The summed E-state index contributed by atoms with van der Waals surface area (Å²) in [6.07, 6.45) is 0. The van der Waals surface area contributed by atoms with Crippen molar-refractivity contribution in [3.05, 3.63) is 35.4 Å². The number of rotatable bonds is 3. The molecule has 70 valence electrons. The quantitative estimate of drug-likeness (QED) is 0.602. The Morgan fingerprint density at radius 2 is 2.00 bits per heavy atom. The Hall–Kier alpha value is -0.830. The first kappa shape index (κ1) is 10.3. The van der Waals surface area contributed by atoms with Crippen molar-refractivity contribution >= 4 is 21.9 Å². The normalized spacial score (nSPS) is 9.69. The number of esters is 1. The van der Waals surface area contributed by atoms with Gasteiger partial charge in [-0.2, -0.15) is 0 Å². The number of aryl methyl sites for hydroxylation is 1. The molecule has 1 aromatic rings. The summed E-state index contributed by atoms with van der Waals surface area (Å²) in [7, 11) is 0. The van der Waals surface area contributed by atoms with Crippen molar-refractivity contribution < 1.29 is 9.53 Å². The first-order valence-corrected chi connectivity index (χ1v) is 5.11. The number of benzene rings is 1. The van der Waals surface area contributed by atoms with E-state index in [2.05, 4.69) is 15.9 Å². The van der Waals surface area contributed by atoms with E-state index in [1.807, 2.05) is 31.2 Å². The van der Waals surface area contributed by atoms with E-state index in [1.165, 1.54) is 5.56 Å². The van der Waals surface area contributed by atoms with E-state index in [0.29, 0.717) is 6.61 Å². The fourth-order valence-electron chi connectivity index (χ4n) is 0.887. The van der Waals surface area contributed by atoms with Crippen LogP contribution < -0.4 is 0 Å². The molecule has 0 bridgehead atoms. The lowest BCUT2D eigenvalue weighted by Gasteiger charge is -2.02. The highest BCUT2D eigenvalue weighted by Gasteiger charge is 1.99. The fraction of sp³-hybridized carbons (Fsp3) is 0.300. The fourth-order valence-corrected chi connectivity index (χ4v) is 1.05. The minimum Gasteiger partial charge on any atom is -0.460 e. The third kappa shape index (κ3) is 3.59. The van der Waals surface area contributed by atoms with Crippen molar-refractivity contribution in [2.75, 3.05) is 5.33 Å². The lowest BCUT2D eigenvalue weighted by molar-refractivity contribution is -0.141. The average molecular weight is 243 g/mol. The van der Waals surface area contributed by atoms with Gasteiger partial charge in [0.25, 0.3) is 0 Å². The number of ether oxygens (including phenoxy) is 1. The summed E-state index contributed by atoms with van der Waals surface area (Å²) in [6, 6.07) is 7.91. The summed E-state index contributed by atoms with van der Waals surface area (Å²) in [5.74, 6) is -0.236. The molecule has 0 saturated heterocycles. The van der Waals surface area contributed by atoms with Crippen molar-refractivity contribution in [3.63, 3.8) is 0 Å². The standard InChI is InChI=1S/C10H11BrO2/c1-8-2-4-9(5-3-8)7-13-10(12)6-11/h2-5H,6-7H2,1H3. The number of alkyl halides is 1. The van der Waals surface area contributed by atoms with Crippen LogP contribution in [-0.2, 0) is 16.1 Å². The zero-order chi connectivity index (χ0) is 9.68. The molecular weight excluding hydrogens is 232 g/mol.